The third-order valence-electron chi connectivity index (χ3n) is 6.03. The maximum atomic E-state index is 12.6. The van der Waals surface area contributed by atoms with Crippen molar-refractivity contribution >= 4 is 23.2 Å². The number of nitrogens with one attached hydrogen (secondary N) is 1. The fourth-order valence-electron chi connectivity index (χ4n) is 4.23. The smallest absolute Gasteiger partial charge is 0.223 e. The van der Waals surface area contributed by atoms with Gasteiger partial charge < -0.3 is 15.0 Å². The van der Waals surface area contributed by atoms with E-state index in [-0.39, 0.29) is 11.8 Å². The number of piperidine rings is 1. The van der Waals surface area contributed by atoms with Gasteiger partial charge in [0.15, 0.2) is 0 Å². The molecule has 2 aromatic carbocycles. The van der Waals surface area contributed by atoms with Gasteiger partial charge in [-0.25, -0.2) is 0 Å². The highest BCUT2D eigenvalue weighted by atomic mass is 35.5. The number of morpholine rings is 1. The molecule has 0 unspecified atom stereocenters. The van der Waals surface area contributed by atoms with Gasteiger partial charge in [-0.3, -0.25) is 9.69 Å². The molecule has 0 spiro atoms. The normalized spacial score (nSPS) is 18.4. The van der Waals surface area contributed by atoms with Crippen LogP contribution in [0, 0.1) is 5.92 Å². The van der Waals surface area contributed by atoms with E-state index < -0.39 is 0 Å². The number of carbonyl (C=O) groups excluding carboxylic acids is 1. The molecule has 160 valence electrons. The zero-order chi connectivity index (χ0) is 20.8. The molecule has 2 saturated heterocycles. The lowest BCUT2D eigenvalue weighted by atomic mass is 9.95. The van der Waals surface area contributed by atoms with Gasteiger partial charge in [0.25, 0.3) is 0 Å². The molecule has 1 amide bonds. The van der Waals surface area contributed by atoms with Gasteiger partial charge in [-0.2, -0.15) is 0 Å². The first-order chi connectivity index (χ1) is 14.7. The van der Waals surface area contributed by atoms with E-state index >= 15 is 0 Å². The van der Waals surface area contributed by atoms with Crippen molar-refractivity contribution in [2.24, 2.45) is 5.92 Å². The second kappa shape index (κ2) is 10.3. The number of hydrogen-bond donors (Lipinski definition) is 1. The molecule has 2 aromatic rings. The first kappa shape index (κ1) is 21.2. The average molecular weight is 428 g/mol. The number of carbonyl (C=O) groups is 1. The van der Waals surface area contributed by atoms with Crippen LogP contribution in [-0.4, -0.2) is 50.2 Å². The molecule has 4 rings (SSSR count). The second-order valence-electron chi connectivity index (χ2n) is 8.16. The predicted molar refractivity (Wildman–Crippen MR) is 121 cm³/mol. The highest BCUT2D eigenvalue weighted by Gasteiger charge is 2.24. The van der Waals surface area contributed by atoms with Gasteiger partial charge in [-0.15, -0.1) is 0 Å². The Labute approximate surface area is 184 Å². The molecule has 0 aliphatic carbocycles. The van der Waals surface area contributed by atoms with E-state index in [9.17, 15) is 4.79 Å². The van der Waals surface area contributed by atoms with Crippen molar-refractivity contribution in [3.05, 3.63) is 64.7 Å². The Kier molecular flexibility index (Phi) is 7.26. The molecule has 0 atom stereocenters. The maximum absolute atomic E-state index is 12.6. The van der Waals surface area contributed by atoms with Gasteiger partial charge in [0.2, 0.25) is 5.91 Å². The first-order valence-corrected chi connectivity index (χ1v) is 11.2. The molecule has 5 nitrogen and oxygen atoms in total. The summed E-state index contributed by atoms with van der Waals surface area (Å²) in [4.78, 5) is 17.4. The Morgan fingerprint density at radius 2 is 1.73 bits per heavy atom. The predicted octanol–water partition coefficient (Wildman–Crippen LogP) is 3.71. The molecule has 0 bridgehead atoms. The van der Waals surface area contributed by atoms with Crippen LogP contribution in [0.2, 0.25) is 5.02 Å². The summed E-state index contributed by atoms with van der Waals surface area (Å²) < 4.78 is 5.41. The second-order valence-corrected chi connectivity index (χ2v) is 8.60. The standard InChI is InChI=1S/C24H30ClN3O2/c25-22-3-1-2-20(16-22)18-27-10-8-21(9-11-27)24(29)26-17-19-4-6-23(7-5-19)28-12-14-30-15-13-28/h1-7,16,21H,8-15,17-18H2,(H,26,29). The van der Waals surface area contributed by atoms with Crippen LogP contribution in [0.4, 0.5) is 5.69 Å². The number of hydrogen-bond acceptors (Lipinski definition) is 4. The topological polar surface area (TPSA) is 44.8 Å². The molecule has 2 aliphatic rings. The van der Waals surface area contributed by atoms with Crippen LogP contribution in [0.5, 0.6) is 0 Å². The minimum Gasteiger partial charge on any atom is -0.378 e. The average Bonchev–Trinajstić information content (AvgIpc) is 2.79. The molecule has 30 heavy (non-hydrogen) atoms. The van der Waals surface area contributed by atoms with Crippen LogP contribution in [0.25, 0.3) is 0 Å². The zero-order valence-corrected chi connectivity index (χ0v) is 18.1. The molecule has 2 fully saturated rings. The summed E-state index contributed by atoms with van der Waals surface area (Å²) in [6, 6.07) is 16.5. The zero-order valence-electron chi connectivity index (χ0n) is 17.4. The summed E-state index contributed by atoms with van der Waals surface area (Å²) in [5, 5.41) is 3.91. The Morgan fingerprint density at radius 3 is 2.43 bits per heavy atom. The SMILES string of the molecule is O=C(NCc1ccc(N2CCOCC2)cc1)C1CCN(Cc2cccc(Cl)c2)CC1. The van der Waals surface area contributed by atoms with Gasteiger partial charge in [-0.05, 0) is 61.3 Å². The van der Waals surface area contributed by atoms with E-state index in [2.05, 4.69) is 45.4 Å². The lowest BCUT2D eigenvalue weighted by molar-refractivity contribution is -0.126. The Balaban J connectivity index is 1.20. The maximum Gasteiger partial charge on any atom is 0.223 e. The van der Waals surface area contributed by atoms with Crippen molar-refractivity contribution in [1.29, 1.82) is 0 Å². The van der Waals surface area contributed by atoms with Gasteiger partial charge in [0, 0.05) is 42.8 Å². The highest BCUT2D eigenvalue weighted by Crippen LogP contribution is 2.21. The van der Waals surface area contributed by atoms with E-state index in [1.165, 1.54) is 11.3 Å². The molecular formula is C24H30ClN3O2. The number of nitrogens with zero attached hydrogens (tertiary/aromatic N) is 2. The third kappa shape index (κ3) is 5.75. The van der Waals surface area contributed by atoms with E-state index in [0.29, 0.717) is 6.54 Å². The fourth-order valence-corrected chi connectivity index (χ4v) is 4.44. The lowest BCUT2D eigenvalue weighted by Gasteiger charge is -2.31. The number of benzene rings is 2. The quantitative estimate of drug-likeness (QED) is 0.763. The molecule has 2 aliphatic heterocycles. The third-order valence-corrected chi connectivity index (χ3v) is 6.27. The van der Waals surface area contributed by atoms with Crippen LogP contribution >= 0.6 is 11.6 Å². The molecular weight excluding hydrogens is 398 g/mol. The van der Waals surface area contributed by atoms with Crippen LogP contribution < -0.4 is 10.2 Å². The minimum atomic E-state index is 0.105. The monoisotopic (exact) mass is 427 g/mol. The van der Waals surface area contributed by atoms with E-state index in [1.807, 2.05) is 18.2 Å². The number of likely N-dealkylation sites (tertiary alicyclic amines) is 1. The van der Waals surface area contributed by atoms with Crippen molar-refractivity contribution in [2.45, 2.75) is 25.9 Å². The summed E-state index contributed by atoms with van der Waals surface area (Å²) in [5.41, 5.74) is 3.59. The largest absolute Gasteiger partial charge is 0.378 e. The number of anilines is 1. The van der Waals surface area contributed by atoms with Gasteiger partial charge in [0.05, 0.1) is 13.2 Å². The molecule has 1 N–H and O–H groups in total. The van der Waals surface area contributed by atoms with Crippen LogP contribution in [0.1, 0.15) is 24.0 Å². The summed E-state index contributed by atoms with van der Waals surface area (Å²) in [7, 11) is 0. The lowest BCUT2D eigenvalue weighted by Crippen LogP contribution is -2.40. The van der Waals surface area contributed by atoms with Crippen molar-refractivity contribution in [2.75, 3.05) is 44.3 Å². The van der Waals surface area contributed by atoms with Gasteiger partial charge in [-0.1, -0.05) is 35.9 Å². The number of rotatable bonds is 6. The fraction of sp³-hybridized carbons (Fsp3) is 0.458. The Bertz CT molecular complexity index is 829. The van der Waals surface area contributed by atoms with Crippen molar-refractivity contribution in [1.82, 2.24) is 10.2 Å². The molecule has 0 aromatic heterocycles. The van der Waals surface area contributed by atoms with E-state index in [4.69, 9.17) is 16.3 Å². The summed E-state index contributed by atoms with van der Waals surface area (Å²) in [6.07, 6.45) is 1.81. The number of ether oxygens (including phenoxy) is 1. The number of amides is 1. The summed E-state index contributed by atoms with van der Waals surface area (Å²) in [5.74, 6) is 0.280. The minimum absolute atomic E-state index is 0.105. The molecule has 0 saturated carbocycles. The summed E-state index contributed by atoms with van der Waals surface area (Å²) >= 11 is 6.08. The van der Waals surface area contributed by atoms with Gasteiger partial charge >= 0.3 is 0 Å². The van der Waals surface area contributed by atoms with Crippen molar-refractivity contribution < 1.29 is 9.53 Å². The van der Waals surface area contributed by atoms with Crippen LogP contribution in [-0.2, 0) is 22.6 Å². The van der Waals surface area contributed by atoms with Crippen LogP contribution in [0.15, 0.2) is 48.5 Å². The van der Waals surface area contributed by atoms with E-state index in [0.717, 1.165) is 69.4 Å². The molecule has 6 heteroatoms. The Hall–Kier alpha value is -2.08. The van der Waals surface area contributed by atoms with Crippen LogP contribution in [0.3, 0.4) is 0 Å². The first-order valence-electron chi connectivity index (χ1n) is 10.8. The van der Waals surface area contributed by atoms with Gasteiger partial charge in [0.1, 0.15) is 0 Å². The molecule has 2 heterocycles. The van der Waals surface area contributed by atoms with Crippen molar-refractivity contribution in [3.8, 4) is 0 Å². The summed E-state index contributed by atoms with van der Waals surface area (Å²) in [6.45, 7) is 6.82. The van der Waals surface area contributed by atoms with E-state index in [1.54, 1.807) is 0 Å². The highest BCUT2D eigenvalue weighted by molar-refractivity contribution is 6.30. The Morgan fingerprint density at radius 1 is 1.00 bits per heavy atom. The molecule has 0 radical (unpaired) electrons. The van der Waals surface area contributed by atoms with Crippen molar-refractivity contribution in [3.63, 3.8) is 0 Å². The number of halogens is 1.